The second-order valence-corrected chi connectivity index (χ2v) is 8.65. The molecule has 1 saturated heterocycles. The summed E-state index contributed by atoms with van der Waals surface area (Å²) in [5.74, 6) is 1.43. The molecule has 0 spiro atoms. The van der Waals surface area contributed by atoms with E-state index in [-0.39, 0.29) is 11.3 Å². The summed E-state index contributed by atoms with van der Waals surface area (Å²) in [6.07, 6.45) is 9.68. The largest absolute Gasteiger partial charge is 0.316 e. The number of carbonyl (C=O) groups is 1. The van der Waals surface area contributed by atoms with E-state index in [1.54, 1.807) is 16.2 Å². The van der Waals surface area contributed by atoms with Gasteiger partial charge in [-0.3, -0.25) is 4.79 Å². The van der Waals surface area contributed by atoms with E-state index in [1.807, 2.05) is 13.2 Å². The van der Waals surface area contributed by atoms with Gasteiger partial charge in [-0.2, -0.15) is 0 Å². The van der Waals surface area contributed by atoms with Crippen LogP contribution in [0.25, 0.3) is 0 Å². The lowest BCUT2D eigenvalue weighted by Gasteiger charge is -2.45. The van der Waals surface area contributed by atoms with Gasteiger partial charge >= 0.3 is 0 Å². The molecule has 2 aliphatic rings. The van der Waals surface area contributed by atoms with Crippen LogP contribution >= 0.6 is 11.3 Å². The molecule has 130 valence electrons. The van der Waals surface area contributed by atoms with Gasteiger partial charge in [0.25, 0.3) is 0 Å². The Morgan fingerprint density at radius 2 is 2.12 bits per heavy atom. The Labute approximate surface area is 149 Å². The number of allylic oxidation sites excluding steroid dienone is 1. The molecule has 1 saturated carbocycles. The zero-order valence-corrected chi connectivity index (χ0v) is 15.7. The Hall–Kier alpha value is -1.42. The van der Waals surface area contributed by atoms with Crippen molar-refractivity contribution in [1.29, 1.82) is 0 Å². The minimum Gasteiger partial charge on any atom is -0.316 e. The first-order valence-electron chi connectivity index (χ1n) is 8.95. The zero-order valence-electron chi connectivity index (χ0n) is 14.9. The average Bonchev–Trinajstić information content (AvgIpc) is 2.95. The first-order valence-corrected chi connectivity index (χ1v) is 9.83. The van der Waals surface area contributed by atoms with Crippen molar-refractivity contribution in [3.8, 4) is 0 Å². The molecule has 0 N–H and O–H groups in total. The maximum atomic E-state index is 12.4. The minimum absolute atomic E-state index is 0.128. The summed E-state index contributed by atoms with van der Waals surface area (Å²) >= 11 is 1.77. The van der Waals surface area contributed by atoms with Crippen LogP contribution in [0.2, 0.25) is 0 Å². The van der Waals surface area contributed by atoms with E-state index in [0.29, 0.717) is 12.3 Å². The Morgan fingerprint density at radius 3 is 2.83 bits per heavy atom. The third-order valence-corrected chi connectivity index (χ3v) is 7.07. The van der Waals surface area contributed by atoms with Gasteiger partial charge in [0.15, 0.2) is 0 Å². The summed E-state index contributed by atoms with van der Waals surface area (Å²) in [6, 6.07) is 0. The number of thiazole rings is 1. The lowest BCUT2D eigenvalue weighted by atomic mass is 9.64. The van der Waals surface area contributed by atoms with Gasteiger partial charge in [0, 0.05) is 42.6 Å². The predicted octanol–water partition coefficient (Wildman–Crippen LogP) is 4.82. The summed E-state index contributed by atoms with van der Waals surface area (Å²) in [5.41, 5.74) is 1.74. The minimum atomic E-state index is -0.128. The van der Waals surface area contributed by atoms with E-state index in [2.05, 4.69) is 30.4 Å². The number of aromatic nitrogens is 1. The molecule has 1 aromatic heterocycles. The monoisotopic (exact) mass is 344 g/mol. The Morgan fingerprint density at radius 1 is 1.33 bits per heavy atom. The van der Waals surface area contributed by atoms with Gasteiger partial charge < -0.3 is 4.90 Å². The van der Waals surface area contributed by atoms with Gasteiger partial charge in [-0.15, -0.1) is 11.3 Å². The molecule has 3 nitrogen and oxygen atoms in total. The highest BCUT2D eigenvalue weighted by atomic mass is 32.1. The maximum Gasteiger partial charge on any atom is 0.227 e. The van der Waals surface area contributed by atoms with Crippen LogP contribution in [0, 0.1) is 17.3 Å². The summed E-state index contributed by atoms with van der Waals surface area (Å²) in [5, 5.41) is 3.33. The van der Waals surface area contributed by atoms with Crippen LogP contribution in [0.15, 0.2) is 36.0 Å². The van der Waals surface area contributed by atoms with E-state index in [4.69, 9.17) is 0 Å². The second-order valence-electron chi connectivity index (χ2n) is 7.67. The van der Waals surface area contributed by atoms with Crippen molar-refractivity contribution in [2.24, 2.45) is 17.3 Å². The molecule has 0 radical (unpaired) electrons. The molecule has 4 heteroatoms. The van der Waals surface area contributed by atoms with Gasteiger partial charge in [0.2, 0.25) is 5.91 Å². The van der Waals surface area contributed by atoms with E-state index in [1.165, 1.54) is 37.1 Å². The van der Waals surface area contributed by atoms with Crippen LogP contribution in [-0.2, 0) is 11.2 Å². The van der Waals surface area contributed by atoms with Crippen LogP contribution in [0.5, 0.6) is 0 Å². The molecular formula is C20H28N2OS. The highest BCUT2D eigenvalue weighted by Gasteiger charge is 2.44. The third-order valence-electron chi connectivity index (χ3n) is 6.27. The molecule has 1 aromatic rings. The number of hydrogen-bond donors (Lipinski definition) is 0. The molecule has 2 heterocycles. The van der Waals surface area contributed by atoms with Crippen LogP contribution in [0.4, 0.5) is 0 Å². The summed E-state index contributed by atoms with van der Waals surface area (Å²) in [6.45, 7) is 10.7. The average molecular weight is 345 g/mol. The third kappa shape index (κ3) is 3.21. The topological polar surface area (TPSA) is 33.2 Å². The summed E-state index contributed by atoms with van der Waals surface area (Å²) in [4.78, 5) is 18.5. The summed E-state index contributed by atoms with van der Waals surface area (Å²) in [7, 11) is 1.81. The number of hydrogen-bond acceptors (Lipinski definition) is 3. The molecule has 2 unspecified atom stereocenters. The van der Waals surface area contributed by atoms with Crippen LogP contribution in [-0.4, -0.2) is 22.8 Å². The van der Waals surface area contributed by atoms with Gasteiger partial charge in [-0.05, 0) is 36.7 Å². The molecule has 0 bridgehead atoms. The van der Waals surface area contributed by atoms with Gasteiger partial charge in [0.05, 0.1) is 5.01 Å². The fourth-order valence-corrected chi connectivity index (χ4v) is 5.17. The SMILES string of the molecule is C=C1C(=C)[C@](C)(C2CCCC(Cc3nccs3)CC2)CC(=O)N1C. The molecule has 1 amide bonds. The van der Waals surface area contributed by atoms with Crippen LogP contribution < -0.4 is 0 Å². The van der Waals surface area contributed by atoms with Crippen molar-refractivity contribution in [1.82, 2.24) is 9.88 Å². The van der Waals surface area contributed by atoms with Crippen molar-refractivity contribution >= 4 is 17.2 Å². The van der Waals surface area contributed by atoms with Gasteiger partial charge in [-0.1, -0.05) is 32.9 Å². The van der Waals surface area contributed by atoms with Crippen LogP contribution in [0.3, 0.4) is 0 Å². The van der Waals surface area contributed by atoms with E-state index in [0.717, 1.165) is 23.6 Å². The van der Waals surface area contributed by atoms with Crippen molar-refractivity contribution in [3.63, 3.8) is 0 Å². The van der Waals surface area contributed by atoms with E-state index < -0.39 is 0 Å². The van der Waals surface area contributed by atoms with Crippen molar-refractivity contribution in [3.05, 3.63) is 41.0 Å². The number of nitrogens with zero attached hydrogens (tertiary/aromatic N) is 2. The molecular weight excluding hydrogens is 316 g/mol. The molecule has 1 aliphatic heterocycles. The van der Waals surface area contributed by atoms with E-state index >= 15 is 0 Å². The molecule has 0 aromatic carbocycles. The standard InChI is InChI=1S/C20H28N2OS/c1-14-15(2)22(4)19(23)13-20(14,3)17-7-5-6-16(8-9-17)12-18-21-10-11-24-18/h10-11,16-17H,1-2,5-9,12-13H2,3-4H3/t16?,17?,20-/m1/s1. The lowest BCUT2D eigenvalue weighted by molar-refractivity contribution is -0.132. The van der Waals surface area contributed by atoms with E-state index in [9.17, 15) is 4.79 Å². The smallest absolute Gasteiger partial charge is 0.227 e. The maximum absolute atomic E-state index is 12.4. The first-order chi connectivity index (χ1) is 11.4. The molecule has 1 aliphatic carbocycles. The fraction of sp³-hybridized carbons (Fsp3) is 0.600. The number of piperidine rings is 1. The lowest BCUT2D eigenvalue weighted by Crippen LogP contribution is -2.44. The fourth-order valence-electron chi connectivity index (χ4n) is 4.43. The quantitative estimate of drug-likeness (QED) is 0.737. The predicted molar refractivity (Wildman–Crippen MR) is 99.7 cm³/mol. The number of likely N-dealkylation sites (tertiary alicyclic amines) is 1. The number of amides is 1. The number of carbonyl (C=O) groups excluding carboxylic acids is 1. The first kappa shape index (κ1) is 17.4. The second kappa shape index (κ2) is 6.83. The van der Waals surface area contributed by atoms with Gasteiger partial charge in [0.1, 0.15) is 0 Å². The normalized spacial score (nSPS) is 32.1. The molecule has 3 rings (SSSR count). The number of likely N-dealkylation sites (N-methyl/N-ethyl adjacent to an activating group) is 1. The van der Waals surface area contributed by atoms with Crippen LogP contribution in [0.1, 0.15) is 50.5 Å². The Kier molecular flexibility index (Phi) is 4.95. The highest BCUT2D eigenvalue weighted by Crippen LogP contribution is 2.50. The highest BCUT2D eigenvalue weighted by molar-refractivity contribution is 7.09. The van der Waals surface area contributed by atoms with Crippen molar-refractivity contribution in [2.75, 3.05) is 7.05 Å². The van der Waals surface area contributed by atoms with Crippen molar-refractivity contribution in [2.45, 2.75) is 51.9 Å². The Bertz CT molecular complexity index is 636. The molecule has 24 heavy (non-hydrogen) atoms. The number of rotatable bonds is 3. The molecule has 2 fully saturated rings. The molecule has 3 atom stereocenters. The Balaban J connectivity index is 1.69. The van der Waals surface area contributed by atoms with Gasteiger partial charge in [-0.25, -0.2) is 4.98 Å². The summed E-state index contributed by atoms with van der Waals surface area (Å²) < 4.78 is 0. The van der Waals surface area contributed by atoms with Crippen molar-refractivity contribution < 1.29 is 4.79 Å². The zero-order chi connectivity index (χ0) is 17.3.